The topological polar surface area (TPSA) is 62.3 Å². The zero-order valence-corrected chi connectivity index (χ0v) is 13.7. The van der Waals surface area contributed by atoms with Crippen LogP contribution in [0, 0.1) is 6.92 Å². The largest absolute Gasteiger partial charge is 0.327 e. The van der Waals surface area contributed by atoms with E-state index in [1.807, 2.05) is 31.2 Å². The molecule has 124 valence electrons. The van der Waals surface area contributed by atoms with E-state index in [1.165, 1.54) is 0 Å². The number of nitrogens with zero attached hydrogens (tertiary/aromatic N) is 2. The third-order valence-electron chi connectivity index (χ3n) is 4.25. The van der Waals surface area contributed by atoms with Crippen molar-refractivity contribution in [3.05, 3.63) is 59.8 Å². The van der Waals surface area contributed by atoms with Crippen LogP contribution in [-0.4, -0.2) is 34.3 Å². The lowest BCUT2D eigenvalue weighted by molar-refractivity contribution is -0.121. The van der Waals surface area contributed by atoms with Crippen molar-refractivity contribution in [3.8, 4) is 0 Å². The number of carbonyl (C=O) groups is 2. The van der Waals surface area contributed by atoms with E-state index in [2.05, 4.69) is 10.3 Å². The molecule has 1 saturated heterocycles. The van der Waals surface area contributed by atoms with E-state index in [4.69, 9.17) is 0 Å². The molecule has 24 heavy (non-hydrogen) atoms. The van der Waals surface area contributed by atoms with Gasteiger partial charge in [0.1, 0.15) is 11.9 Å². The fraction of sp³-hybridized carbons (Fsp3) is 0.316. The summed E-state index contributed by atoms with van der Waals surface area (Å²) in [6.45, 7) is 2.55. The van der Waals surface area contributed by atoms with E-state index in [0.717, 1.165) is 18.4 Å². The van der Waals surface area contributed by atoms with Crippen LogP contribution in [0.5, 0.6) is 0 Å². The molecule has 0 unspecified atom stereocenters. The Kier molecular flexibility index (Phi) is 4.89. The number of amides is 2. The van der Waals surface area contributed by atoms with E-state index < -0.39 is 6.04 Å². The predicted molar refractivity (Wildman–Crippen MR) is 92.7 cm³/mol. The van der Waals surface area contributed by atoms with Crippen LogP contribution in [0.15, 0.2) is 48.7 Å². The van der Waals surface area contributed by atoms with Crippen molar-refractivity contribution in [3.63, 3.8) is 0 Å². The van der Waals surface area contributed by atoms with Gasteiger partial charge in [-0.3, -0.25) is 9.59 Å². The molecule has 5 heteroatoms. The van der Waals surface area contributed by atoms with Gasteiger partial charge < -0.3 is 10.2 Å². The van der Waals surface area contributed by atoms with Crippen molar-refractivity contribution in [2.75, 3.05) is 11.9 Å². The minimum Gasteiger partial charge on any atom is -0.327 e. The van der Waals surface area contributed by atoms with Gasteiger partial charge >= 0.3 is 0 Å². The van der Waals surface area contributed by atoms with Gasteiger partial charge in [-0.05, 0) is 49.9 Å². The number of hydrogen-bond acceptors (Lipinski definition) is 3. The van der Waals surface area contributed by atoms with Crippen molar-refractivity contribution in [1.29, 1.82) is 0 Å². The van der Waals surface area contributed by atoms with Gasteiger partial charge in [-0.25, -0.2) is 4.98 Å². The molecule has 0 bridgehead atoms. The predicted octanol–water partition coefficient (Wildman–Crippen LogP) is 3.02. The second-order valence-electron chi connectivity index (χ2n) is 6.09. The highest BCUT2D eigenvalue weighted by Gasteiger charge is 2.32. The number of aromatic nitrogens is 1. The number of pyridine rings is 1. The number of likely N-dealkylation sites (tertiary alicyclic amines) is 1. The summed E-state index contributed by atoms with van der Waals surface area (Å²) in [6, 6.07) is 12.3. The van der Waals surface area contributed by atoms with Crippen LogP contribution in [0.2, 0.25) is 0 Å². The van der Waals surface area contributed by atoms with Crippen molar-refractivity contribution >= 4 is 17.6 Å². The average Bonchev–Trinajstić information content (AvgIpc) is 2.63. The summed E-state index contributed by atoms with van der Waals surface area (Å²) >= 11 is 0. The summed E-state index contributed by atoms with van der Waals surface area (Å²) in [6.07, 6.45) is 4.25. The van der Waals surface area contributed by atoms with Gasteiger partial charge in [-0.2, -0.15) is 0 Å². The average molecular weight is 323 g/mol. The molecule has 0 spiro atoms. The Labute approximate surface area is 141 Å². The molecule has 1 aliphatic rings. The fourth-order valence-electron chi connectivity index (χ4n) is 2.95. The van der Waals surface area contributed by atoms with Gasteiger partial charge in [0.15, 0.2) is 0 Å². The minimum atomic E-state index is -0.449. The lowest BCUT2D eigenvalue weighted by Crippen LogP contribution is -2.50. The molecular formula is C19H21N3O2. The van der Waals surface area contributed by atoms with Crippen LogP contribution in [0.3, 0.4) is 0 Å². The van der Waals surface area contributed by atoms with Gasteiger partial charge in [-0.1, -0.05) is 24.3 Å². The van der Waals surface area contributed by atoms with E-state index in [0.29, 0.717) is 24.3 Å². The Bertz CT molecular complexity index is 713. The Morgan fingerprint density at radius 1 is 1.12 bits per heavy atom. The number of aryl methyl sites for hydroxylation is 1. The summed E-state index contributed by atoms with van der Waals surface area (Å²) < 4.78 is 0. The molecule has 0 saturated carbocycles. The van der Waals surface area contributed by atoms with Gasteiger partial charge in [0.05, 0.1) is 0 Å². The maximum atomic E-state index is 12.7. The normalized spacial score (nSPS) is 17.4. The summed E-state index contributed by atoms with van der Waals surface area (Å²) in [4.78, 5) is 31.3. The first-order valence-electron chi connectivity index (χ1n) is 8.25. The van der Waals surface area contributed by atoms with Crippen molar-refractivity contribution in [2.24, 2.45) is 0 Å². The number of anilines is 1. The molecule has 1 aromatic heterocycles. The second-order valence-corrected chi connectivity index (χ2v) is 6.09. The SMILES string of the molecule is Cc1ccc(NC(=O)[C@@H]2CCCCN2C(=O)c2ccccc2)nc1. The van der Waals surface area contributed by atoms with Gasteiger partial charge in [0.2, 0.25) is 5.91 Å². The molecular weight excluding hydrogens is 302 g/mol. The molecule has 2 amide bonds. The molecule has 3 rings (SSSR count). The van der Waals surface area contributed by atoms with E-state index in [-0.39, 0.29) is 11.8 Å². The van der Waals surface area contributed by atoms with E-state index in [1.54, 1.807) is 29.3 Å². The van der Waals surface area contributed by atoms with Gasteiger partial charge in [0, 0.05) is 18.3 Å². The van der Waals surface area contributed by atoms with E-state index in [9.17, 15) is 9.59 Å². The Morgan fingerprint density at radius 2 is 1.92 bits per heavy atom. The number of benzene rings is 1. The highest BCUT2D eigenvalue weighted by molar-refractivity contribution is 6.01. The van der Waals surface area contributed by atoms with Crippen LogP contribution >= 0.6 is 0 Å². The zero-order chi connectivity index (χ0) is 16.9. The first kappa shape index (κ1) is 16.2. The molecule has 1 N–H and O–H groups in total. The lowest BCUT2D eigenvalue weighted by Gasteiger charge is -2.34. The monoisotopic (exact) mass is 323 g/mol. The maximum absolute atomic E-state index is 12.7. The highest BCUT2D eigenvalue weighted by atomic mass is 16.2. The maximum Gasteiger partial charge on any atom is 0.254 e. The highest BCUT2D eigenvalue weighted by Crippen LogP contribution is 2.21. The third-order valence-corrected chi connectivity index (χ3v) is 4.25. The summed E-state index contributed by atoms with van der Waals surface area (Å²) in [5, 5.41) is 2.83. The number of carbonyl (C=O) groups excluding carboxylic acids is 2. The van der Waals surface area contributed by atoms with Crippen LogP contribution < -0.4 is 5.32 Å². The molecule has 1 fully saturated rings. The molecule has 1 aliphatic heterocycles. The second kappa shape index (κ2) is 7.25. The number of piperidine rings is 1. The van der Waals surface area contributed by atoms with Crippen LogP contribution in [-0.2, 0) is 4.79 Å². The molecule has 1 aromatic carbocycles. The van der Waals surface area contributed by atoms with Crippen molar-refractivity contribution in [1.82, 2.24) is 9.88 Å². The van der Waals surface area contributed by atoms with Gasteiger partial charge in [-0.15, -0.1) is 0 Å². The van der Waals surface area contributed by atoms with Crippen LogP contribution in [0.4, 0.5) is 5.82 Å². The van der Waals surface area contributed by atoms with E-state index >= 15 is 0 Å². The molecule has 0 aliphatic carbocycles. The summed E-state index contributed by atoms with van der Waals surface area (Å²) in [7, 11) is 0. The quantitative estimate of drug-likeness (QED) is 0.944. The van der Waals surface area contributed by atoms with Crippen LogP contribution in [0.1, 0.15) is 35.2 Å². The molecule has 5 nitrogen and oxygen atoms in total. The Morgan fingerprint density at radius 3 is 2.62 bits per heavy atom. The van der Waals surface area contributed by atoms with Crippen molar-refractivity contribution in [2.45, 2.75) is 32.2 Å². The van der Waals surface area contributed by atoms with Crippen molar-refractivity contribution < 1.29 is 9.59 Å². The third kappa shape index (κ3) is 3.62. The fourth-order valence-corrected chi connectivity index (χ4v) is 2.95. The summed E-state index contributed by atoms with van der Waals surface area (Å²) in [5.41, 5.74) is 1.65. The first-order valence-corrected chi connectivity index (χ1v) is 8.25. The molecule has 2 heterocycles. The Balaban J connectivity index is 1.75. The number of nitrogens with one attached hydrogen (secondary N) is 1. The number of rotatable bonds is 3. The first-order chi connectivity index (χ1) is 11.6. The van der Waals surface area contributed by atoms with Crippen LogP contribution in [0.25, 0.3) is 0 Å². The smallest absolute Gasteiger partial charge is 0.254 e. The standard InChI is InChI=1S/C19H21N3O2/c1-14-10-11-17(20-13-14)21-18(23)16-9-5-6-12-22(16)19(24)15-7-3-2-4-8-15/h2-4,7-8,10-11,13,16H,5-6,9,12H2,1H3,(H,20,21,23)/t16-/m0/s1. The Hall–Kier alpha value is -2.69. The lowest BCUT2D eigenvalue weighted by atomic mass is 10.00. The minimum absolute atomic E-state index is 0.0904. The summed E-state index contributed by atoms with van der Waals surface area (Å²) in [5.74, 6) is 0.255. The van der Waals surface area contributed by atoms with Gasteiger partial charge in [0.25, 0.3) is 5.91 Å². The number of hydrogen-bond donors (Lipinski definition) is 1. The molecule has 1 atom stereocenters. The zero-order valence-electron chi connectivity index (χ0n) is 13.7. The molecule has 2 aromatic rings. The molecule has 0 radical (unpaired) electrons.